The number of hydrogen-bond acceptors (Lipinski definition) is 3. The van der Waals surface area contributed by atoms with Crippen LogP contribution in [0.5, 0.6) is 0 Å². The van der Waals surface area contributed by atoms with E-state index in [1.165, 1.54) is 17.7 Å². The van der Waals surface area contributed by atoms with Gasteiger partial charge in [0, 0.05) is 25.9 Å². The van der Waals surface area contributed by atoms with Crippen molar-refractivity contribution in [3.63, 3.8) is 0 Å². The van der Waals surface area contributed by atoms with Crippen molar-refractivity contribution in [3.8, 4) is 0 Å². The minimum atomic E-state index is 0.525. The first-order valence-corrected chi connectivity index (χ1v) is 6.92. The van der Waals surface area contributed by atoms with Crippen LogP contribution in [-0.2, 0) is 11.3 Å². The van der Waals surface area contributed by atoms with Crippen LogP contribution in [-0.4, -0.2) is 32.8 Å². The van der Waals surface area contributed by atoms with Gasteiger partial charge in [-0.15, -0.1) is 0 Å². The summed E-state index contributed by atoms with van der Waals surface area (Å²) in [5.74, 6) is 0. The van der Waals surface area contributed by atoms with Crippen LogP contribution in [0.1, 0.15) is 25.3 Å². The predicted octanol–water partition coefficient (Wildman–Crippen LogP) is 2.41. The molecule has 1 aliphatic heterocycles. The van der Waals surface area contributed by atoms with Crippen LogP contribution in [0.3, 0.4) is 0 Å². The van der Waals surface area contributed by atoms with Crippen molar-refractivity contribution in [3.05, 3.63) is 29.8 Å². The van der Waals surface area contributed by atoms with Crippen molar-refractivity contribution in [1.82, 2.24) is 5.32 Å². The number of hydrogen-bond donors (Lipinski definition) is 1. The summed E-state index contributed by atoms with van der Waals surface area (Å²) in [4.78, 5) is 2.37. The number of para-hydroxylation sites is 1. The number of anilines is 1. The Balaban J connectivity index is 2.05. The quantitative estimate of drug-likeness (QED) is 0.782. The maximum Gasteiger partial charge on any atom is 0.0670 e. The molecule has 1 unspecified atom stereocenters. The zero-order valence-electron chi connectivity index (χ0n) is 11.5. The molecule has 1 aromatic carbocycles. The maximum absolute atomic E-state index is 5.48. The molecular formula is C15H24N2O. The van der Waals surface area contributed by atoms with E-state index < -0.39 is 0 Å². The lowest BCUT2D eigenvalue weighted by molar-refractivity contribution is 0.193. The molecule has 0 spiro atoms. The van der Waals surface area contributed by atoms with E-state index in [9.17, 15) is 0 Å². The Morgan fingerprint density at radius 2 is 2.22 bits per heavy atom. The molecule has 1 aliphatic rings. The first-order chi connectivity index (χ1) is 8.83. The molecule has 2 rings (SSSR count). The third kappa shape index (κ3) is 3.24. The van der Waals surface area contributed by atoms with Gasteiger partial charge in [0.1, 0.15) is 0 Å². The summed E-state index contributed by atoms with van der Waals surface area (Å²) in [7, 11) is 2.18. The van der Waals surface area contributed by atoms with E-state index in [0.717, 1.165) is 32.7 Å². The van der Waals surface area contributed by atoms with Crippen molar-refractivity contribution < 1.29 is 4.74 Å². The Hall–Kier alpha value is -1.06. The van der Waals surface area contributed by atoms with Crippen molar-refractivity contribution in [1.29, 1.82) is 0 Å². The predicted molar refractivity (Wildman–Crippen MR) is 76.1 cm³/mol. The third-order valence-electron chi connectivity index (χ3n) is 3.57. The van der Waals surface area contributed by atoms with Crippen LogP contribution in [0.25, 0.3) is 0 Å². The first-order valence-electron chi connectivity index (χ1n) is 6.92. The van der Waals surface area contributed by atoms with Gasteiger partial charge < -0.3 is 15.0 Å². The maximum atomic E-state index is 5.48. The van der Waals surface area contributed by atoms with Gasteiger partial charge in [0.25, 0.3) is 0 Å². The summed E-state index contributed by atoms with van der Waals surface area (Å²) >= 11 is 0. The van der Waals surface area contributed by atoms with E-state index in [4.69, 9.17) is 4.74 Å². The Labute approximate surface area is 110 Å². The van der Waals surface area contributed by atoms with E-state index >= 15 is 0 Å². The lowest BCUT2D eigenvalue weighted by Crippen LogP contribution is -2.33. The second kappa shape index (κ2) is 6.76. The highest BCUT2D eigenvalue weighted by molar-refractivity contribution is 5.54. The van der Waals surface area contributed by atoms with Crippen LogP contribution in [0.15, 0.2) is 24.3 Å². The molecule has 0 bridgehead atoms. The average Bonchev–Trinajstić information content (AvgIpc) is 2.93. The zero-order chi connectivity index (χ0) is 12.8. The second-order valence-electron chi connectivity index (χ2n) is 4.93. The Bertz CT molecular complexity index is 361. The van der Waals surface area contributed by atoms with Crippen LogP contribution in [0.4, 0.5) is 5.69 Å². The number of nitrogens with one attached hydrogen (secondary N) is 1. The highest BCUT2D eigenvalue weighted by Gasteiger charge is 2.21. The van der Waals surface area contributed by atoms with E-state index in [0.29, 0.717) is 6.04 Å². The molecular weight excluding hydrogens is 224 g/mol. The molecule has 100 valence electrons. The van der Waals surface area contributed by atoms with Gasteiger partial charge in [-0.1, -0.05) is 25.1 Å². The van der Waals surface area contributed by atoms with Crippen LogP contribution in [0, 0.1) is 0 Å². The van der Waals surface area contributed by atoms with Crippen LogP contribution >= 0.6 is 0 Å². The standard InChI is InChI=1S/C15H24N2O/c1-3-9-16-11-13-6-4-5-7-15(13)17(2)14-8-10-18-12-14/h4-7,14,16H,3,8-12H2,1-2H3. The van der Waals surface area contributed by atoms with E-state index in [2.05, 4.69) is 48.5 Å². The number of nitrogens with zero attached hydrogens (tertiary/aromatic N) is 1. The molecule has 0 aromatic heterocycles. The Morgan fingerprint density at radius 1 is 1.39 bits per heavy atom. The van der Waals surface area contributed by atoms with Crippen molar-refractivity contribution in [2.24, 2.45) is 0 Å². The summed E-state index contributed by atoms with van der Waals surface area (Å²) in [5.41, 5.74) is 2.71. The van der Waals surface area contributed by atoms with Crippen molar-refractivity contribution in [2.45, 2.75) is 32.4 Å². The molecule has 1 aromatic rings. The Morgan fingerprint density at radius 3 is 2.94 bits per heavy atom. The molecule has 0 radical (unpaired) electrons. The minimum absolute atomic E-state index is 0.525. The van der Waals surface area contributed by atoms with Gasteiger partial charge in [-0.2, -0.15) is 0 Å². The summed E-state index contributed by atoms with van der Waals surface area (Å²) in [6.45, 7) is 5.96. The molecule has 3 heteroatoms. The fraction of sp³-hybridized carbons (Fsp3) is 0.600. The van der Waals surface area contributed by atoms with Crippen molar-refractivity contribution >= 4 is 5.69 Å². The van der Waals surface area contributed by atoms with Crippen LogP contribution < -0.4 is 10.2 Å². The summed E-state index contributed by atoms with van der Waals surface area (Å²) < 4.78 is 5.48. The van der Waals surface area contributed by atoms with E-state index in [1.807, 2.05) is 0 Å². The molecule has 18 heavy (non-hydrogen) atoms. The molecule has 1 atom stereocenters. The SMILES string of the molecule is CCCNCc1ccccc1N(C)C1CCOC1. The first kappa shape index (κ1) is 13.4. The van der Waals surface area contributed by atoms with Gasteiger partial charge >= 0.3 is 0 Å². The van der Waals surface area contributed by atoms with Crippen LogP contribution in [0.2, 0.25) is 0 Å². The molecule has 0 amide bonds. The summed E-state index contributed by atoms with van der Waals surface area (Å²) in [6.07, 6.45) is 2.31. The number of likely N-dealkylation sites (N-methyl/N-ethyl adjacent to an activating group) is 1. The molecule has 1 heterocycles. The minimum Gasteiger partial charge on any atom is -0.379 e. The highest BCUT2D eigenvalue weighted by Crippen LogP contribution is 2.24. The smallest absolute Gasteiger partial charge is 0.0670 e. The highest BCUT2D eigenvalue weighted by atomic mass is 16.5. The van der Waals surface area contributed by atoms with Gasteiger partial charge in [0.05, 0.1) is 12.6 Å². The van der Waals surface area contributed by atoms with Gasteiger partial charge in [0.2, 0.25) is 0 Å². The monoisotopic (exact) mass is 248 g/mol. The molecule has 0 saturated carbocycles. The molecule has 1 saturated heterocycles. The zero-order valence-corrected chi connectivity index (χ0v) is 11.5. The number of ether oxygens (including phenoxy) is 1. The average molecular weight is 248 g/mol. The van der Waals surface area contributed by atoms with Gasteiger partial charge in [0.15, 0.2) is 0 Å². The molecule has 1 N–H and O–H groups in total. The Kier molecular flexibility index (Phi) is 5.02. The van der Waals surface area contributed by atoms with E-state index in [-0.39, 0.29) is 0 Å². The largest absolute Gasteiger partial charge is 0.379 e. The lowest BCUT2D eigenvalue weighted by atomic mass is 10.1. The third-order valence-corrected chi connectivity index (χ3v) is 3.57. The van der Waals surface area contributed by atoms with E-state index in [1.54, 1.807) is 0 Å². The van der Waals surface area contributed by atoms with Crippen molar-refractivity contribution in [2.75, 3.05) is 31.7 Å². The topological polar surface area (TPSA) is 24.5 Å². The normalized spacial score (nSPS) is 19.1. The lowest BCUT2D eigenvalue weighted by Gasteiger charge is -2.27. The molecule has 3 nitrogen and oxygen atoms in total. The fourth-order valence-electron chi connectivity index (χ4n) is 2.43. The molecule has 1 fully saturated rings. The molecule has 0 aliphatic carbocycles. The number of benzene rings is 1. The summed E-state index contributed by atoms with van der Waals surface area (Å²) in [5, 5.41) is 3.48. The van der Waals surface area contributed by atoms with Gasteiger partial charge in [-0.05, 0) is 31.0 Å². The summed E-state index contributed by atoms with van der Waals surface area (Å²) in [6, 6.07) is 9.18. The number of rotatable bonds is 6. The van der Waals surface area contributed by atoms with Gasteiger partial charge in [-0.25, -0.2) is 0 Å². The second-order valence-corrected chi connectivity index (χ2v) is 4.93. The van der Waals surface area contributed by atoms with Gasteiger partial charge in [-0.3, -0.25) is 0 Å². The fourth-order valence-corrected chi connectivity index (χ4v) is 2.43.